The highest BCUT2D eigenvalue weighted by Crippen LogP contribution is 2.32. The zero-order valence-corrected chi connectivity index (χ0v) is 13.1. The number of rotatable bonds is 4. The maximum atomic E-state index is 12.2. The highest BCUT2D eigenvalue weighted by atomic mass is 16.3. The lowest BCUT2D eigenvalue weighted by atomic mass is 9.87. The van der Waals surface area contributed by atoms with Crippen molar-refractivity contribution in [1.82, 2.24) is 5.32 Å². The van der Waals surface area contributed by atoms with Gasteiger partial charge < -0.3 is 5.32 Å². The van der Waals surface area contributed by atoms with Gasteiger partial charge in [0, 0.05) is 12.1 Å². The molecule has 0 aliphatic heterocycles. The molecule has 2 rings (SSSR count). The SMILES string of the molecule is CC(C)(C)CCNC(=O)c1ccc2c(c1)CCCC2N=O. The van der Waals surface area contributed by atoms with E-state index < -0.39 is 0 Å². The standard InChI is InChI=1S/C17H24N2O2/c1-17(2,3)9-10-18-16(20)13-7-8-14-12(11-13)5-4-6-15(14)19-21/h7-8,11,15H,4-6,9-10H2,1-3H3,(H,18,20). The molecule has 0 aromatic heterocycles. The summed E-state index contributed by atoms with van der Waals surface area (Å²) in [5.41, 5.74) is 2.97. The van der Waals surface area contributed by atoms with Crippen molar-refractivity contribution in [2.75, 3.05) is 6.54 Å². The van der Waals surface area contributed by atoms with E-state index in [1.54, 1.807) is 6.07 Å². The van der Waals surface area contributed by atoms with Gasteiger partial charge in [-0.1, -0.05) is 32.0 Å². The van der Waals surface area contributed by atoms with Gasteiger partial charge in [0.15, 0.2) is 0 Å². The van der Waals surface area contributed by atoms with Gasteiger partial charge in [0.05, 0.1) is 0 Å². The molecule has 1 aromatic rings. The third-order valence-corrected chi connectivity index (χ3v) is 3.98. The average Bonchev–Trinajstić information content (AvgIpc) is 2.44. The third-order valence-electron chi connectivity index (χ3n) is 3.98. The quantitative estimate of drug-likeness (QED) is 0.851. The van der Waals surface area contributed by atoms with Crippen molar-refractivity contribution in [2.24, 2.45) is 10.6 Å². The van der Waals surface area contributed by atoms with Crippen LogP contribution in [0.4, 0.5) is 0 Å². The smallest absolute Gasteiger partial charge is 0.251 e. The molecule has 0 radical (unpaired) electrons. The summed E-state index contributed by atoms with van der Waals surface area (Å²) in [5.74, 6) is -0.0387. The molecule has 0 fully saturated rings. The van der Waals surface area contributed by atoms with Gasteiger partial charge in [-0.25, -0.2) is 0 Å². The van der Waals surface area contributed by atoms with Gasteiger partial charge >= 0.3 is 0 Å². The van der Waals surface area contributed by atoms with Crippen molar-refractivity contribution in [3.8, 4) is 0 Å². The number of nitroso groups, excluding NO2 is 1. The summed E-state index contributed by atoms with van der Waals surface area (Å²) in [6, 6.07) is 5.36. The van der Waals surface area contributed by atoms with E-state index in [1.807, 2.05) is 12.1 Å². The van der Waals surface area contributed by atoms with Crippen LogP contribution < -0.4 is 5.32 Å². The predicted molar refractivity (Wildman–Crippen MR) is 84.3 cm³/mol. The van der Waals surface area contributed by atoms with Gasteiger partial charge in [-0.2, -0.15) is 4.91 Å². The first-order valence-electron chi connectivity index (χ1n) is 7.64. The lowest BCUT2D eigenvalue weighted by molar-refractivity contribution is 0.0949. The summed E-state index contributed by atoms with van der Waals surface area (Å²) in [4.78, 5) is 23.0. The minimum atomic E-state index is -0.244. The van der Waals surface area contributed by atoms with Crippen LogP contribution in [-0.4, -0.2) is 12.5 Å². The monoisotopic (exact) mass is 288 g/mol. The first-order chi connectivity index (χ1) is 9.90. The molecule has 1 aromatic carbocycles. The van der Waals surface area contributed by atoms with E-state index in [0.717, 1.165) is 36.8 Å². The molecule has 1 aliphatic rings. The number of fused-ring (bicyclic) bond motifs is 1. The molecule has 0 heterocycles. The Kier molecular flexibility index (Phi) is 4.76. The summed E-state index contributed by atoms with van der Waals surface area (Å²) in [6.07, 6.45) is 3.64. The maximum Gasteiger partial charge on any atom is 0.251 e. The van der Waals surface area contributed by atoms with E-state index >= 15 is 0 Å². The Morgan fingerprint density at radius 3 is 2.81 bits per heavy atom. The number of carbonyl (C=O) groups is 1. The average molecular weight is 288 g/mol. The summed E-state index contributed by atoms with van der Waals surface area (Å²) in [5, 5.41) is 6.15. The Morgan fingerprint density at radius 2 is 2.14 bits per heavy atom. The lowest BCUT2D eigenvalue weighted by Crippen LogP contribution is -2.27. The highest BCUT2D eigenvalue weighted by molar-refractivity contribution is 5.94. The lowest BCUT2D eigenvalue weighted by Gasteiger charge is -2.21. The second-order valence-corrected chi connectivity index (χ2v) is 6.99. The van der Waals surface area contributed by atoms with E-state index in [9.17, 15) is 9.70 Å². The number of benzene rings is 1. The van der Waals surface area contributed by atoms with Crippen LogP contribution in [0.3, 0.4) is 0 Å². The summed E-state index contributed by atoms with van der Waals surface area (Å²) in [7, 11) is 0. The minimum absolute atomic E-state index is 0.0387. The van der Waals surface area contributed by atoms with Gasteiger partial charge in [0.25, 0.3) is 5.91 Å². The van der Waals surface area contributed by atoms with E-state index in [-0.39, 0.29) is 17.4 Å². The molecule has 114 valence electrons. The second kappa shape index (κ2) is 6.37. The zero-order valence-electron chi connectivity index (χ0n) is 13.1. The van der Waals surface area contributed by atoms with Crippen molar-refractivity contribution in [2.45, 2.75) is 52.5 Å². The van der Waals surface area contributed by atoms with Crippen molar-refractivity contribution >= 4 is 5.91 Å². The molecule has 1 atom stereocenters. The maximum absolute atomic E-state index is 12.2. The van der Waals surface area contributed by atoms with E-state index in [1.165, 1.54) is 0 Å². The van der Waals surface area contributed by atoms with Gasteiger partial charge in [-0.3, -0.25) is 4.79 Å². The molecular formula is C17H24N2O2. The van der Waals surface area contributed by atoms with Crippen LogP contribution >= 0.6 is 0 Å². The van der Waals surface area contributed by atoms with E-state index in [2.05, 4.69) is 31.3 Å². The topological polar surface area (TPSA) is 58.5 Å². The first-order valence-corrected chi connectivity index (χ1v) is 7.64. The zero-order chi connectivity index (χ0) is 15.5. The fourth-order valence-electron chi connectivity index (χ4n) is 2.69. The molecule has 0 bridgehead atoms. The highest BCUT2D eigenvalue weighted by Gasteiger charge is 2.22. The number of amides is 1. The summed E-state index contributed by atoms with van der Waals surface area (Å²) >= 11 is 0. The number of hydrogen-bond acceptors (Lipinski definition) is 3. The Morgan fingerprint density at radius 1 is 1.38 bits per heavy atom. The predicted octanol–water partition coefficient (Wildman–Crippen LogP) is 4.00. The van der Waals surface area contributed by atoms with Crippen LogP contribution in [0.1, 0.15) is 67.6 Å². The molecular weight excluding hydrogens is 264 g/mol. The second-order valence-electron chi connectivity index (χ2n) is 6.99. The Bertz CT molecular complexity index is 532. The Hall–Kier alpha value is -1.71. The van der Waals surface area contributed by atoms with Crippen molar-refractivity contribution in [3.05, 3.63) is 39.8 Å². The van der Waals surface area contributed by atoms with Crippen LogP contribution in [0.2, 0.25) is 0 Å². The summed E-state index contributed by atoms with van der Waals surface area (Å²) in [6.45, 7) is 7.15. The molecule has 21 heavy (non-hydrogen) atoms. The fourth-order valence-corrected chi connectivity index (χ4v) is 2.69. The normalized spacial score (nSPS) is 18.0. The number of carbonyl (C=O) groups excluding carboxylic acids is 1. The van der Waals surface area contributed by atoms with Crippen LogP contribution in [0, 0.1) is 10.3 Å². The number of hydrogen-bond donors (Lipinski definition) is 1. The minimum Gasteiger partial charge on any atom is -0.352 e. The molecule has 0 saturated carbocycles. The summed E-state index contributed by atoms with van der Waals surface area (Å²) < 4.78 is 0. The molecule has 1 unspecified atom stereocenters. The molecule has 4 heteroatoms. The number of aryl methyl sites for hydroxylation is 1. The van der Waals surface area contributed by atoms with Crippen LogP contribution in [0.15, 0.2) is 23.4 Å². The van der Waals surface area contributed by atoms with Crippen molar-refractivity contribution in [1.29, 1.82) is 0 Å². The van der Waals surface area contributed by atoms with Gasteiger partial charge in [0.2, 0.25) is 0 Å². The fraction of sp³-hybridized carbons (Fsp3) is 0.588. The van der Waals surface area contributed by atoms with Gasteiger partial charge in [0.1, 0.15) is 6.04 Å². The Labute approximate surface area is 126 Å². The first kappa shape index (κ1) is 15.7. The van der Waals surface area contributed by atoms with Crippen molar-refractivity contribution in [3.63, 3.8) is 0 Å². The van der Waals surface area contributed by atoms with Gasteiger partial charge in [-0.05, 0) is 54.4 Å². The van der Waals surface area contributed by atoms with E-state index in [4.69, 9.17) is 0 Å². The molecule has 1 amide bonds. The number of nitrogens with one attached hydrogen (secondary N) is 1. The largest absolute Gasteiger partial charge is 0.352 e. The van der Waals surface area contributed by atoms with Crippen molar-refractivity contribution < 1.29 is 4.79 Å². The molecule has 4 nitrogen and oxygen atoms in total. The van der Waals surface area contributed by atoms with Gasteiger partial charge in [-0.15, -0.1) is 0 Å². The number of nitrogens with zero attached hydrogens (tertiary/aromatic N) is 1. The molecule has 0 spiro atoms. The molecule has 1 aliphatic carbocycles. The third kappa shape index (κ3) is 4.13. The van der Waals surface area contributed by atoms with Crippen LogP contribution in [0.5, 0.6) is 0 Å². The van der Waals surface area contributed by atoms with E-state index in [0.29, 0.717) is 12.1 Å². The molecule has 0 saturated heterocycles. The van der Waals surface area contributed by atoms with Crippen LogP contribution in [0.25, 0.3) is 0 Å². The Balaban J connectivity index is 2.04. The molecule has 1 N–H and O–H groups in total. The van der Waals surface area contributed by atoms with Crippen LogP contribution in [-0.2, 0) is 6.42 Å².